The average molecular weight is 335 g/mol. The lowest BCUT2D eigenvalue weighted by Gasteiger charge is -2.30. The molecule has 4 nitrogen and oxygen atoms in total. The molecule has 1 atom stereocenters. The molecule has 1 heterocycles. The lowest BCUT2D eigenvalue weighted by molar-refractivity contribution is 0.0474. The number of likely N-dealkylation sites (tertiary alicyclic amines) is 1. The Kier molecular flexibility index (Phi) is 5.37. The zero-order valence-electron chi connectivity index (χ0n) is 14.2. The minimum Gasteiger partial charge on any atom is -0.497 e. The van der Waals surface area contributed by atoms with Crippen LogP contribution in [-0.4, -0.2) is 42.2 Å². The third-order valence-corrected chi connectivity index (χ3v) is 4.26. The molecule has 0 saturated carbocycles. The molecule has 2 aromatic rings. The minimum atomic E-state index is -0.410. The summed E-state index contributed by atoms with van der Waals surface area (Å²) in [5.74, 6) is 6.96. The van der Waals surface area contributed by atoms with Crippen LogP contribution in [0.3, 0.4) is 0 Å². The van der Waals surface area contributed by atoms with Crippen molar-refractivity contribution >= 4 is 5.91 Å². The molecule has 1 N–H and O–H groups in total. The van der Waals surface area contributed by atoms with E-state index in [0.717, 1.165) is 29.7 Å². The molecular weight excluding hydrogens is 314 g/mol. The van der Waals surface area contributed by atoms with Gasteiger partial charge in [0.2, 0.25) is 0 Å². The standard InChI is InChI=1S/C21H21NO3/c1-25-20-12-8-17(9-13-20)5-4-16-6-10-18(11-7-16)21(24)22-14-2-3-19(23)15-22/h6-13,19,23H,2-3,14-15H2,1H3/t19-/m0/s1. The molecule has 0 bridgehead atoms. The third kappa shape index (κ3) is 4.40. The number of aliphatic hydroxyl groups excluding tert-OH is 1. The number of hydrogen-bond acceptors (Lipinski definition) is 3. The predicted octanol–water partition coefficient (Wildman–Crippen LogP) is 2.69. The van der Waals surface area contributed by atoms with Crippen LogP contribution in [-0.2, 0) is 0 Å². The van der Waals surface area contributed by atoms with Gasteiger partial charge in [0.25, 0.3) is 5.91 Å². The summed E-state index contributed by atoms with van der Waals surface area (Å²) in [4.78, 5) is 14.2. The van der Waals surface area contributed by atoms with Crippen molar-refractivity contribution in [3.8, 4) is 17.6 Å². The van der Waals surface area contributed by atoms with Crippen molar-refractivity contribution in [2.75, 3.05) is 20.2 Å². The van der Waals surface area contributed by atoms with E-state index in [1.165, 1.54) is 0 Å². The van der Waals surface area contributed by atoms with E-state index in [0.29, 0.717) is 18.7 Å². The number of carbonyl (C=O) groups is 1. The summed E-state index contributed by atoms with van der Waals surface area (Å²) in [6, 6.07) is 14.9. The van der Waals surface area contributed by atoms with Gasteiger partial charge in [-0.1, -0.05) is 11.8 Å². The SMILES string of the molecule is COc1ccc(C#Cc2ccc(C(=O)N3CCC[C@H](O)C3)cc2)cc1. The summed E-state index contributed by atoms with van der Waals surface area (Å²) in [6.45, 7) is 1.12. The summed E-state index contributed by atoms with van der Waals surface area (Å²) in [7, 11) is 1.63. The highest BCUT2D eigenvalue weighted by molar-refractivity contribution is 5.94. The number of piperidine rings is 1. The average Bonchev–Trinajstić information content (AvgIpc) is 2.66. The van der Waals surface area contributed by atoms with Crippen LogP contribution in [0, 0.1) is 11.8 Å². The smallest absolute Gasteiger partial charge is 0.253 e. The van der Waals surface area contributed by atoms with Gasteiger partial charge in [0.05, 0.1) is 13.2 Å². The second-order valence-electron chi connectivity index (χ2n) is 6.10. The largest absolute Gasteiger partial charge is 0.497 e. The summed E-state index contributed by atoms with van der Waals surface area (Å²) < 4.78 is 5.12. The van der Waals surface area contributed by atoms with E-state index in [1.807, 2.05) is 36.4 Å². The highest BCUT2D eigenvalue weighted by atomic mass is 16.5. The van der Waals surface area contributed by atoms with Gasteiger partial charge in [-0.05, 0) is 61.4 Å². The van der Waals surface area contributed by atoms with Gasteiger partial charge in [-0.25, -0.2) is 0 Å². The summed E-state index contributed by atoms with van der Waals surface area (Å²) in [5, 5.41) is 9.71. The maximum atomic E-state index is 12.5. The van der Waals surface area contributed by atoms with Crippen molar-refractivity contribution < 1.29 is 14.6 Å². The molecule has 0 spiro atoms. The van der Waals surface area contributed by atoms with Crippen molar-refractivity contribution in [2.45, 2.75) is 18.9 Å². The van der Waals surface area contributed by atoms with E-state index in [4.69, 9.17) is 4.74 Å². The van der Waals surface area contributed by atoms with Gasteiger partial charge < -0.3 is 14.7 Å². The molecule has 1 aliphatic rings. The molecule has 25 heavy (non-hydrogen) atoms. The first-order valence-corrected chi connectivity index (χ1v) is 8.39. The van der Waals surface area contributed by atoms with Gasteiger partial charge >= 0.3 is 0 Å². The van der Waals surface area contributed by atoms with Gasteiger partial charge in [0, 0.05) is 29.8 Å². The summed E-state index contributed by atoms with van der Waals surface area (Å²) in [6.07, 6.45) is 1.20. The Balaban J connectivity index is 1.67. The zero-order valence-corrected chi connectivity index (χ0v) is 14.2. The number of benzene rings is 2. The predicted molar refractivity (Wildman–Crippen MR) is 96.6 cm³/mol. The molecule has 128 valence electrons. The van der Waals surface area contributed by atoms with Crippen LogP contribution in [0.15, 0.2) is 48.5 Å². The molecule has 0 aromatic heterocycles. The highest BCUT2D eigenvalue weighted by Gasteiger charge is 2.22. The molecule has 1 fully saturated rings. The Hall–Kier alpha value is -2.77. The van der Waals surface area contributed by atoms with Gasteiger partial charge in [0.15, 0.2) is 0 Å². The van der Waals surface area contributed by atoms with Crippen LogP contribution in [0.1, 0.15) is 34.3 Å². The van der Waals surface area contributed by atoms with Crippen LogP contribution >= 0.6 is 0 Å². The Labute approximate surface area is 148 Å². The Morgan fingerprint density at radius 2 is 1.68 bits per heavy atom. The van der Waals surface area contributed by atoms with Crippen LogP contribution < -0.4 is 4.74 Å². The van der Waals surface area contributed by atoms with Crippen molar-refractivity contribution in [1.82, 2.24) is 4.90 Å². The molecule has 0 aliphatic carbocycles. The highest BCUT2D eigenvalue weighted by Crippen LogP contribution is 2.14. The van der Waals surface area contributed by atoms with E-state index < -0.39 is 6.10 Å². The number of ether oxygens (including phenoxy) is 1. The fraction of sp³-hybridized carbons (Fsp3) is 0.286. The molecule has 4 heteroatoms. The Morgan fingerprint density at radius 1 is 1.08 bits per heavy atom. The fourth-order valence-electron chi connectivity index (χ4n) is 2.84. The van der Waals surface area contributed by atoms with Crippen molar-refractivity contribution in [3.63, 3.8) is 0 Å². The number of carbonyl (C=O) groups excluding carboxylic acids is 1. The van der Waals surface area contributed by atoms with Crippen molar-refractivity contribution in [1.29, 1.82) is 0 Å². The molecule has 1 saturated heterocycles. The van der Waals surface area contributed by atoms with E-state index in [9.17, 15) is 9.90 Å². The number of aliphatic hydroxyl groups is 1. The van der Waals surface area contributed by atoms with Crippen LogP contribution in [0.25, 0.3) is 0 Å². The minimum absolute atomic E-state index is 0.0339. The second-order valence-corrected chi connectivity index (χ2v) is 6.10. The number of rotatable bonds is 2. The fourth-order valence-corrected chi connectivity index (χ4v) is 2.84. The number of methoxy groups -OCH3 is 1. The quantitative estimate of drug-likeness (QED) is 0.859. The van der Waals surface area contributed by atoms with E-state index in [2.05, 4.69) is 11.8 Å². The van der Waals surface area contributed by atoms with E-state index in [1.54, 1.807) is 24.1 Å². The van der Waals surface area contributed by atoms with Crippen LogP contribution in [0.2, 0.25) is 0 Å². The molecular formula is C21H21NO3. The van der Waals surface area contributed by atoms with E-state index in [-0.39, 0.29) is 5.91 Å². The number of hydrogen-bond donors (Lipinski definition) is 1. The number of β-amino-alcohol motifs (C(OH)–C–C–N with tert-alkyl or cyclic N) is 1. The number of nitrogens with zero attached hydrogens (tertiary/aromatic N) is 1. The van der Waals surface area contributed by atoms with Crippen molar-refractivity contribution in [3.05, 3.63) is 65.2 Å². The molecule has 3 rings (SSSR count). The van der Waals surface area contributed by atoms with Crippen LogP contribution in [0.5, 0.6) is 5.75 Å². The first-order valence-electron chi connectivity index (χ1n) is 8.39. The first-order chi connectivity index (χ1) is 12.2. The lowest BCUT2D eigenvalue weighted by Crippen LogP contribution is -2.42. The van der Waals surface area contributed by atoms with Gasteiger partial charge in [-0.15, -0.1) is 0 Å². The zero-order chi connectivity index (χ0) is 17.6. The summed E-state index contributed by atoms with van der Waals surface area (Å²) >= 11 is 0. The van der Waals surface area contributed by atoms with Crippen molar-refractivity contribution in [2.24, 2.45) is 0 Å². The van der Waals surface area contributed by atoms with E-state index >= 15 is 0 Å². The van der Waals surface area contributed by atoms with Gasteiger partial charge in [-0.2, -0.15) is 0 Å². The summed E-state index contributed by atoms with van der Waals surface area (Å²) in [5.41, 5.74) is 2.39. The molecule has 1 amide bonds. The number of amides is 1. The maximum Gasteiger partial charge on any atom is 0.253 e. The third-order valence-electron chi connectivity index (χ3n) is 4.26. The monoisotopic (exact) mass is 335 g/mol. The topological polar surface area (TPSA) is 49.8 Å². The Morgan fingerprint density at radius 3 is 2.24 bits per heavy atom. The van der Waals surface area contributed by atoms with Gasteiger partial charge in [0.1, 0.15) is 5.75 Å². The van der Waals surface area contributed by atoms with Crippen LogP contribution in [0.4, 0.5) is 0 Å². The van der Waals surface area contributed by atoms with Gasteiger partial charge in [-0.3, -0.25) is 4.79 Å². The molecule has 0 unspecified atom stereocenters. The first kappa shape index (κ1) is 17.1. The molecule has 2 aromatic carbocycles. The maximum absolute atomic E-state index is 12.5. The molecule has 0 radical (unpaired) electrons. The Bertz CT molecular complexity index is 785. The second kappa shape index (κ2) is 7.87. The normalized spacial score (nSPS) is 16.7. The lowest BCUT2D eigenvalue weighted by atomic mass is 10.1. The molecule has 1 aliphatic heterocycles.